The van der Waals surface area contributed by atoms with Crippen molar-refractivity contribution in [1.82, 2.24) is 10.3 Å². The Balaban J connectivity index is 1.59. The molecule has 0 atom stereocenters. The molecule has 8 heteroatoms. The topological polar surface area (TPSA) is 72.9 Å². The number of thiazole rings is 1. The summed E-state index contributed by atoms with van der Waals surface area (Å²) < 4.78 is 15.9. The average molecular weight is 391 g/mol. The molecule has 1 N–H and O–H groups in total. The summed E-state index contributed by atoms with van der Waals surface area (Å²) in [4.78, 5) is 19.5. The third-order valence-electron chi connectivity index (χ3n) is 4.51. The summed E-state index contributed by atoms with van der Waals surface area (Å²) in [6.07, 6.45) is 3.17. The maximum atomic E-state index is 12.5. The van der Waals surface area contributed by atoms with Gasteiger partial charge in [0.2, 0.25) is 5.75 Å². The normalized spacial score (nSPS) is 13.5. The molecule has 2 aromatic rings. The average Bonchev–Trinajstić information content (AvgIpc) is 3.38. The van der Waals surface area contributed by atoms with Crippen LogP contribution in [0.1, 0.15) is 28.9 Å². The van der Waals surface area contributed by atoms with Gasteiger partial charge in [0.1, 0.15) is 0 Å². The van der Waals surface area contributed by atoms with Gasteiger partial charge in [-0.2, -0.15) is 0 Å². The third kappa shape index (κ3) is 4.44. The highest BCUT2D eigenvalue weighted by molar-refractivity contribution is 7.13. The summed E-state index contributed by atoms with van der Waals surface area (Å²) in [5.74, 6) is 1.19. The van der Waals surface area contributed by atoms with Crippen molar-refractivity contribution in [3.8, 4) is 17.2 Å². The van der Waals surface area contributed by atoms with Gasteiger partial charge < -0.3 is 24.4 Å². The Hall–Kier alpha value is -2.48. The first-order chi connectivity index (χ1) is 13.2. The molecule has 146 valence electrons. The standard InChI is InChI=1S/C19H25N3O4S/c1-24-15-10-13(11-16(25-2)17(15)26-3)18(23)20-7-6-14-12-27-19(21-14)22-8-4-5-9-22/h10-12H,4-9H2,1-3H3,(H,20,23). The number of ether oxygens (including phenoxy) is 3. The number of anilines is 1. The van der Waals surface area contributed by atoms with Crippen LogP contribution < -0.4 is 24.4 Å². The van der Waals surface area contributed by atoms with Crippen molar-refractivity contribution in [3.05, 3.63) is 28.8 Å². The van der Waals surface area contributed by atoms with Crippen LogP contribution in [0.2, 0.25) is 0 Å². The second-order valence-corrected chi connectivity index (χ2v) is 7.07. The highest BCUT2D eigenvalue weighted by Gasteiger charge is 2.18. The van der Waals surface area contributed by atoms with E-state index in [0.29, 0.717) is 35.8 Å². The Labute approximate surface area is 163 Å². The fourth-order valence-corrected chi connectivity index (χ4v) is 4.00. The number of aromatic nitrogens is 1. The fourth-order valence-electron chi connectivity index (χ4n) is 3.08. The number of carbonyl (C=O) groups excluding carboxylic acids is 1. The minimum absolute atomic E-state index is 0.191. The van der Waals surface area contributed by atoms with Crippen LogP contribution in [0.5, 0.6) is 17.2 Å². The number of rotatable bonds is 8. The van der Waals surface area contributed by atoms with Crippen molar-refractivity contribution in [3.63, 3.8) is 0 Å². The summed E-state index contributed by atoms with van der Waals surface area (Å²) in [5.41, 5.74) is 1.47. The summed E-state index contributed by atoms with van der Waals surface area (Å²) in [7, 11) is 4.59. The number of amides is 1. The second-order valence-electron chi connectivity index (χ2n) is 6.24. The van der Waals surface area contributed by atoms with E-state index >= 15 is 0 Å². The van der Waals surface area contributed by atoms with E-state index in [1.807, 2.05) is 0 Å². The van der Waals surface area contributed by atoms with Crippen molar-refractivity contribution in [2.75, 3.05) is 45.9 Å². The number of hydrogen-bond acceptors (Lipinski definition) is 7. The molecule has 1 fully saturated rings. The van der Waals surface area contributed by atoms with E-state index in [1.54, 1.807) is 23.5 Å². The first-order valence-corrected chi connectivity index (χ1v) is 9.81. The lowest BCUT2D eigenvalue weighted by atomic mass is 10.1. The molecule has 27 heavy (non-hydrogen) atoms. The molecular weight excluding hydrogens is 366 g/mol. The molecule has 1 aromatic heterocycles. The first kappa shape index (κ1) is 19.3. The van der Waals surface area contributed by atoms with Crippen molar-refractivity contribution in [1.29, 1.82) is 0 Å². The fraction of sp³-hybridized carbons (Fsp3) is 0.474. The van der Waals surface area contributed by atoms with Crippen LogP contribution >= 0.6 is 11.3 Å². The van der Waals surface area contributed by atoms with E-state index in [-0.39, 0.29) is 5.91 Å². The predicted molar refractivity (Wildman–Crippen MR) is 106 cm³/mol. The van der Waals surface area contributed by atoms with Crippen LogP contribution in [0.3, 0.4) is 0 Å². The van der Waals surface area contributed by atoms with E-state index in [2.05, 4.69) is 20.6 Å². The van der Waals surface area contributed by atoms with Gasteiger partial charge in [0, 0.05) is 37.0 Å². The molecule has 0 saturated carbocycles. The van der Waals surface area contributed by atoms with E-state index < -0.39 is 0 Å². The smallest absolute Gasteiger partial charge is 0.251 e. The summed E-state index contributed by atoms with van der Waals surface area (Å²) in [6, 6.07) is 3.29. The number of methoxy groups -OCH3 is 3. The van der Waals surface area contributed by atoms with Crippen LogP contribution in [-0.4, -0.2) is 51.9 Å². The molecule has 1 aromatic carbocycles. The van der Waals surface area contributed by atoms with Gasteiger partial charge >= 0.3 is 0 Å². The van der Waals surface area contributed by atoms with Gasteiger partial charge in [-0.15, -0.1) is 11.3 Å². The maximum Gasteiger partial charge on any atom is 0.251 e. The number of carbonyl (C=O) groups is 1. The van der Waals surface area contributed by atoms with Crippen LogP contribution in [-0.2, 0) is 6.42 Å². The SMILES string of the molecule is COc1cc(C(=O)NCCc2csc(N3CCCC3)n2)cc(OC)c1OC. The maximum absolute atomic E-state index is 12.5. The lowest BCUT2D eigenvalue weighted by Crippen LogP contribution is -2.26. The Morgan fingerprint density at radius 1 is 1.15 bits per heavy atom. The number of nitrogens with zero attached hydrogens (tertiary/aromatic N) is 2. The monoisotopic (exact) mass is 391 g/mol. The zero-order valence-electron chi connectivity index (χ0n) is 15.9. The first-order valence-electron chi connectivity index (χ1n) is 8.93. The van der Waals surface area contributed by atoms with Crippen LogP contribution in [0.4, 0.5) is 5.13 Å². The Morgan fingerprint density at radius 2 is 1.81 bits per heavy atom. The number of nitrogens with one attached hydrogen (secondary N) is 1. The van der Waals surface area contributed by atoms with E-state index in [4.69, 9.17) is 14.2 Å². The molecule has 3 rings (SSSR count). The van der Waals surface area contributed by atoms with Gasteiger partial charge in [-0.25, -0.2) is 4.98 Å². The van der Waals surface area contributed by atoms with Gasteiger partial charge in [-0.3, -0.25) is 4.79 Å². The van der Waals surface area contributed by atoms with Crippen molar-refractivity contribution in [2.24, 2.45) is 0 Å². The molecule has 0 aliphatic carbocycles. The summed E-state index contributed by atoms with van der Waals surface area (Å²) >= 11 is 1.67. The molecular formula is C19H25N3O4S. The molecule has 0 radical (unpaired) electrons. The zero-order chi connectivity index (χ0) is 19.2. The number of hydrogen-bond donors (Lipinski definition) is 1. The molecule has 1 amide bonds. The second kappa shape index (κ2) is 8.94. The van der Waals surface area contributed by atoms with E-state index in [0.717, 1.165) is 23.9 Å². The summed E-state index contributed by atoms with van der Waals surface area (Å²) in [6.45, 7) is 2.69. The lowest BCUT2D eigenvalue weighted by Gasteiger charge is -2.14. The minimum Gasteiger partial charge on any atom is -0.493 e. The molecule has 1 aliphatic rings. The largest absolute Gasteiger partial charge is 0.493 e. The third-order valence-corrected chi connectivity index (χ3v) is 5.46. The van der Waals surface area contributed by atoms with Crippen LogP contribution in [0.25, 0.3) is 0 Å². The Kier molecular flexibility index (Phi) is 6.39. The van der Waals surface area contributed by atoms with E-state index in [9.17, 15) is 4.79 Å². The zero-order valence-corrected chi connectivity index (χ0v) is 16.7. The van der Waals surface area contributed by atoms with Crippen molar-refractivity contribution >= 4 is 22.4 Å². The highest BCUT2D eigenvalue weighted by Crippen LogP contribution is 2.38. The Morgan fingerprint density at radius 3 is 2.41 bits per heavy atom. The molecule has 0 unspecified atom stereocenters. The molecule has 7 nitrogen and oxygen atoms in total. The molecule has 1 saturated heterocycles. The van der Waals surface area contributed by atoms with Crippen molar-refractivity contribution in [2.45, 2.75) is 19.3 Å². The van der Waals surface area contributed by atoms with Crippen LogP contribution in [0.15, 0.2) is 17.5 Å². The summed E-state index contributed by atoms with van der Waals surface area (Å²) in [5, 5.41) is 6.08. The molecule has 2 heterocycles. The highest BCUT2D eigenvalue weighted by atomic mass is 32.1. The minimum atomic E-state index is -0.191. The predicted octanol–water partition coefficient (Wildman–Crippen LogP) is 2.74. The quantitative estimate of drug-likeness (QED) is 0.746. The lowest BCUT2D eigenvalue weighted by molar-refractivity contribution is 0.0953. The molecule has 1 aliphatic heterocycles. The van der Waals surface area contributed by atoms with Gasteiger partial charge in [-0.05, 0) is 25.0 Å². The molecule has 0 bridgehead atoms. The van der Waals surface area contributed by atoms with Crippen LogP contribution in [0, 0.1) is 0 Å². The van der Waals surface area contributed by atoms with E-state index in [1.165, 1.54) is 34.2 Å². The number of benzene rings is 1. The molecule has 0 spiro atoms. The van der Waals surface area contributed by atoms with Crippen molar-refractivity contribution < 1.29 is 19.0 Å². The van der Waals surface area contributed by atoms with Gasteiger partial charge in [-0.1, -0.05) is 0 Å². The van der Waals surface area contributed by atoms with Gasteiger partial charge in [0.25, 0.3) is 5.91 Å². The Bertz CT molecular complexity index is 762. The van der Waals surface area contributed by atoms with Gasteiger partial charge in [0.15, 0.2) is 16.6 Å². The van der Waals surface area contributed by atoms with Gasteiger partial charge in [0.05, 0.1) is 27.0 Å².